The van der Waals surface area contributed by atoms with Crippen LogP contribution in [0.1, 0.15) is 5.56 Å². The van der Waals surface area contributed by atoms with Crippen LogP contribution in [0.2, 0.25) is 0 Å². The first-order chi connectivity index (χ1) is 12.9. The van der Waals surface area contributed by atoms with Crippen molar-refractivity contribution < 1.29 is 17.9 Å². The van der Waals surface area contributed by atoms with E-state index in [1.54, 1.807) is 11.0 Å². The molecule has 0 saturated carbocycles. The van der Waals surface area contributed by atoms with Gasteiger partial charge in [-0.15, -0.1) is 37.1 Å². The first kappa shape index (κ1) is 21.5. The minimum absolute atomic E-state index is 0. The molecule has 11 heteroatoms. The van der Waals surface area contributed by atoms with E-state index < -0.39 is 6.36 Å². The number of nitrogens with zero attached hydrogens (tertiary/aromatic N) is 4. The van der Waals surface area contributed by atoms with Gasteiger partial charge in [0.15, 0.2) is 5.96 Å². The van der Waals surface area contributed by atoms with Gasteiger partial charge in [0.25, 0.3) is 0 Å². The van der Waals surface area contributed by atoms with E-state index in [2.05, 4.69) is 25.1 Å². The Labute approximate surface area is 175 Å². The summed E-state index contributed by atoms with van der Waals surface area (Å²) in [5.41, 5.74) is 8.09. The molecule has 0 fully saturated rings. The highest BCUT2D eigenvalue weighted by molar-refractivity contribution is 14.0. The van der Waals surface area contributed by atoms with E-state index in [1.165, 1.54) is 30.6 Å². The lowest BCUT2D eigenvalue weighted by atomic mass is 10.2. The molecule has 7 nitrogen and oxygen atoms in total. The molecule has 0 saturated heterocycles. The Morgan fingerprint density at radius 1 is 1.11 bits per heavy atom. The molecule has 0 bridgehead atoms. The molecule has 0 aliphatic rings. The summed E-state index contributed by atoms with van der Waals surface area (Å²) in [7, 11) is 0. The summed E-state index contributed by atoms with van der Waals surface area (Å²) in [6.07, 6.45) is -1.68. The maximum absolute atomic E-state index is 12.1. The van der Waals surface area contributed by atoms with Crippen LogP contribution in [-0.4, -0.2) is 27.1 Å². The van der Waals surface area contributed by atoms with Crippen LogP contribution < -0.4 is 15.8 Å². The van der Waals surface area contributed by atoms with E-state index >= 15 is 0 Å². The summed E-state index contributed by atoms with van der Waals surface area (Å²) in [5.74, 6) is -0.170. The lowest BCUT2D eigenvalue weighted by Crippen LogP contribution is -2.22. The number of ether oxygens (including phenoxy) is 1. The molecule has 1 heterocycles. The van der Waals surface area contributed by atoms with Crippen LogP contribution in [0.15, 0.2) is 66.2 Å². The van der Waals surface area contributed by atoms with Crippen LogP contribution in [0.5, 0.6) is 5.75 Å². The molecule has 3 rings (SSSR count). The lowest BCUT2D eigenvalue weighted by molar-refractivity contribution is -0.274. The highest BCUT2D eigenvalue weighted by atomic mass is 127. The quantitative estimate of drug-likeness (QED) is 0.314. The van der Waals surface area contributed by atoms with Gasteiger partial charge in [-0.05, 0) is 42.0 Å². The molecule has 0 aliphatic heterocycles. The molecule has 2 aromatic carbocycles. The standard InChI is InChI=1S/C17H15F3N6O.HI/c18-17(19,20)27-15-7-3-13(4-8-15)25-16(21)23-9-12-1-5-14(6-2-12)26-11-22-10-24-26;/h1-8,10-11H,9H2,(H3,21,23,25);1H. The average Bonchev–Trinajstić information content (AvgIpc) is 3.16. The predicted octanol–water partition coefficient (Wildman–Crippen LogP) is 3.71. The molecular formula is C17H16F3IN6O. The molecule has 3 N–H and O–H groups in total. The third kappa shape index (κ3) is 6.40. The van der Waals surface area contributed by atoms with Gasteiger partial charge in [-0.3, -0.25) is 0 Å². The van der Waals surface area contributed by atoms with E-state index in [-0.39, 0.29) is 35.7 Å². The Morgan fingerprint density at radius 3 is 2.36 bits per heavy atom. The lowest BCUT2D eigenvalue weighted by Gasteiger charge is -2.10. The summed E-state index contributed by atoms with van der Waals surface area (Å²) in [4.78, 5) is 8.09. The fourth-order valence-electron chi connectivity index (χ4n) is 2.20. The molecule has 0 aliphatic carbocycles. The number of alkyl halides is 3. The molecule has 148 valence electrons. The zero-order valence-electron chi connectivity index (χ0n) is 14.3. The Kier molecular flexibility index (Phi) is 7.20. The Hall–Kier alpha value is -2.83. The molecule has 0 spiro atoms. The Balaban J connectivity index is 0.00000280. The third-order valence-corrected chi connectivity index (χ3v) is 3.41. The number of benzene rings is 2. The molecule has 28 heavy (non-hydrogen) atoms. The van der Waals surface area contributed by atoms with Crippen LogP contribution in [-0.2, 0) is 6.54 Å². The van der Waals surface area contributed by atoms with Crippen molar-refractivity contribution in [2.45, 2.75) is 12.9 Å². The first-order valence-electron chi connectivity index (χ1n) is 7.76. The van der Waals surface area contributed by atoms with E-state index in [0.717, 1.165) is 11.3 Å². The van der Waals surface area contributed by atoms with Gasteiger partial charge in [-0.25, -0.2) is 14.7 Å². The number of hydrogen-bond donors (Lipinski definition) is 2. The number of nitrogens with two attached hydrogens (primary N) is 1. The van der Waals surface area contributed by atoms with Crippen molar-refractivity contribution in [1.29, 1.82) is 0 Å². The second-order valence-electron chi connectivity index (χ2n) is 5.41. The topological polar surface area (TPSA) is 90.4 Å². The molecular weight excluding hydrogens is 488 g/mol. The fourth-order valence-corrected chi connectivity index (χ4v) is 2.20. The van der Waals surface area contributed by atoms with E-state index in [9.17, 15) is 13.2 Å². The number of halogens is 4. The molecule has 0 amide bonds. The van der Waals surface area contributed by atoms with Crippen molar-refractivity contribution in [2.75, 3.05) is 5.32 Å². The number of nitrogens with one attached hydrogen (secondary N) is 1. The van der Waals surface area contributed by atoms with E-state index in [1.807, 2.05) is 24.3 Å². The highest BCUT2D eigenvalue weighted by Gasteiger charge is 2.30. The van der Waals surface area contributed by atoms with Crippen molar-refractivity contribution >= 4 is 35.6 Å². The number of rotatable bonds is 5. The Morgan fingerprint density at radius 2 is 1.79 bits per heavy atom. The maximum Gasteiger partial charge on any atom is 0.573 e. The second-order valence-corrected chi connectivity index (χ2v) is 5.41. The van der Waals surface area contributed by atoms with Gasteiger partial charge in [0.1, 0.15) is 18.4 Å². The van der Waals surface area contributed by atoms with Crippen LogP contribution in [0.4, 0.5) is 18.9 Å². The minimum atomic E-state index is -4.72. The number of hydrogen-bond acceptors (Lipinski definition) is 4. The predicted molar refractivity (Wildman–Crippen MR) is 109 cm³/mol. The molecule has 0 atom stereocenters. The number of guanidine groups is 1. The van der Waals surface area contributed by atoms with Crippen molar-refractivity contribution in [3.8, 4) is 11.4 Å². The fraction of sp³-hybridized carbons (Fsp3) is 0.118. The SMILES string of the molecule is I.NC(=NCc1ccc(-n2cncn2)cc1)Nc1ccc(OC(F)(F)F)cc1. The van der Waals surface area contributed by atoms with Crippen molar-refractivity contribution in [3.05, 3.63) is 66.7 Å². The van der Waals surface area contributed by atoms with E-state index in [4.69, 9.17) is 5.73 Å². The van der Waals surface area contributed by atoms with Crippen LogP contribution in [0.3, 0.4) is 0 Å². The van der Waals surface area contributed by atoms with Gasteiger partial charge >= 0.3 is 6.36 Å². The normalized spacial score (nSPS) is 11.6. The highest BCUT2D eigenvalue weighted by Crippen LogP contribution is 2.23. The maximum atomic E-state index is 12.1. The van der Waals surface area contributed by atoms with Gasteiger partial charge in [-0.1, -0.05) is 12.1 Å². The summed E-state index contributed by atoms with van der Waals surface area (Å²) in [5, 5.41) is 6.84. The number of aromatic nitrogens is 3. The van der Waals surface area contributed by atoms with Gasteiger partial charge in [0.05, 0.1) is 12.2 Å². The zero-order valence-corrected chi connectivity index (χ0v) is 16.6. The first-order valence-corrected chi connectivity index (χ1v) is 7.76. The van der Waals surface area contributed by atoms with Gasteiger partial charge < -0.3 is 15.8 Å². The Bertz CT molecular complexity index is 896. The number of aliphatic imine (C=N–C) groups is 1. The summed E-state index contributed by atoms with van der Waals surface area (Å²) in [6.45, 7) is 0.339. The van der Waals surface area contributed by atoms with Crippen LogP contribution >= 0.6 is 24.0 Å². The van der Waals surface area contributed by atoms with Crippen molar-refractivity contribution in [1.82, 2.24) is 14.8 Å². The average molecular weight is 504 g/mol. The van der Waals surface area contributed by atoms with Gasteiger partial charge in [-0.2, -0.15) is 5.10 Å². The van der Waals surface area contributed by atoms with Crippen LogP contribution in [0.25, 0.3) is 5.69 Å². The number of anilines is 1. The van der Waals surface area contributed by atoms with E-state index in [0.29, 0.717) is 12.2 Å². The van der Waals surface area contributed by atoms with Gasteiger partial charge in [0.2, 0.25) is 0 Å². The molecule has 0 radical (unpaired) electrons. The largest absolute Gasteiger partial charge is 0.573 e. The molecule has 3 aromatic rings. The molecule has 1 aromatic heterocycles. The minimum Gasteiger partial charge on any atom is -0.406 e. The smallest absolute Gasteiger partial charge is 0.406 e. The van der Waals surface area contributed by atoms with Crippen molar-refractivity contribution in [3.63, 3.8) is 0 Å². The second kappa shape index (κ2) is 9.39. The summed E-state index contributed by atoms with van der Waals surface area (Å²) in [6, 6.07) is 12.7. The van der Waals surface area contributed by atoms with Gasteiger partial charge in [0, 0.05) is 5.69 Å². The summed E-state index contributed by atoms with van der Waals surface area (Å²) < 4.78 is 41.8. The third-order valence-electron chi connectivity index (χ3n) is 3.41. The summed E-state index contributed by atoms with van der Waals surface area (Å²) >= 11 is 0. The van der Waals surface area contributed by atoms with Crippen LogP contribution in [0, 0.1) is 0 Å². The monoisotopic (exact) mass is 504 g/mol. The zero-order chi connectivity index (χ0) is 19.3. The molecule has 0 unspecified atom stereocenters. The van der Waals surface area contributed by atoms with Crippen molar-refractivity contribution in [2.24, 2.45) is 10.7 Å².